The Morgan fingerprint density at radius 3 is 2.66 bits per heavy atom. The first-order valence-corrected chi connectivity index (χ1v) is 11.6. The molecular formula is C24H23FN6O4. The molecule has 1 aromatic carbocycles. The van der Waals surface area contributed by atoms with Gasteiger partial charge in [-0.25, -0.2) is 19.0 Å². The summed E-state index contributed by atoms with van der Waals surface area (Å²) in [7, 11) is 0. The van der Waals surface area contributed by atoms with Crippen molar-refractivity contribution in [1.82, 2.24) is 29.6 Å². The number of hydrogen-bond donors (Lipinski definition) is 2. The summed E-state index contributed by atoms with van der Waals surface area (Å²) in [6.45, 7) is 0.667. The first-order valence-electron chi connectivity index (χ1n) is 11.6. The largest absolute Gasteiger partial charge is 0.435 e. The van der Waals surface area contributed by atoms with Gasteiger partial charge in [0.15, 0.2) is 11.5 Å². The maximum atomic E-state index is 13.4. The van der Waals surface area contributed by atoms with Crippen LogP contribution in [-0.4, -0.2) is 59.3 Å². The number of nitrogens with zero attached hydrogens (tertiary/aromatic N) is 5. The highest BCUT2D eigenvalue weighted by Gasteiger charge is 2.37. The van der Waals surface area contributed by atoms with Gasteiger partial charge >= 0.3 is 0 Å². The van der Waals surface area contributed by atoms with Gasteiger partial charge in [-0.3, -0.25) is 9.59 Å². The van der Waals surface area contributed by atoms with E-state index in [0.717, 1.165) is 12.8 Å². The molecule has 180 valence electrons. The van der Waals surface area contributed by atoms with Crippen LogP contribution in [0.25, 0.3) is 16.7 Å². The summed E-state index contributed by atoms with van der Waals surface area (Å²) in [4.78, 5) is 38.2. The minimum Gasteiger partial charge on any atom is -0.435 e. The molecule has 11 heteroatoms. The van der Waals surface area contributed by atoms with Gasteiger partial charge in [0.1, 0.15) is 11.2 Å². The fourth-order valence-corrected chi connectivity index (χ4v) is 4.59. The topological polar surface area (TPSA) is 130 Å². The first kappa shape index (κ1) is 21.7. The lowest BCUT2D eigenvalue weighted by molar-refractivity contribution is -0.0174. The lowest BCUT2D eigenvalue weighted by Gasteiger charge is -2.37. The average molecular weight is 478 g/mol. The van der Waals surface area contributed by atoms with Crippen LogP contribution in [0.15, 0.2) is 46.0 Å². The normalized spacial score (nSPS) is 17.7. The van der Waals surface area contributed by atoms with E-state index in [1.807, 2.05) is 0 Å². The summed E-state index contributed by atoms with van der Waals surface area (Å²) >= 11 is 0. The van der Waals surface area contributed by atoms with Gasteiger partial charge in [-0.15, -0.1) is 0 Å². The molecule has 3 aromatic heterocycles. The Hall–Kier alpha value is -3.86. The molecule has 0 radical (unpaired) electrons. The zero-order chi connectivity index (χ0) is 24.2. The lowest BCUT2D eigenvalue weighted by Crippen LogP contribution is -2.47. The number of fused-ring (bicyclic) bond motifs is 1. The van der Waals surface area contributed by atoms with Crippen molar-refractivity contribution >= 4 is 16.9 Å². The number of hydrogen-bond acceptors (Lipinski definition) is 7. The fourth-order valence-electron chi connectivity index (χ4n) is 4.59. The van der Waals surface area contributed by atoms with Crippen molar-refractivity contribution in [3.8, 4) is 5.69 Å². The molecule has 10 nitrogen and oxygen atoms in total. The summed E-state index contributed by atoms with van der Waals surface area (Å²) in [5.41, 5.74) is -0.264. The van der Waals surface area contributed by atoms with Crippen LogP contribution in [0.3, 0.4) is 0 Å². The van der Waals surface area contributed by atoms with Gasteiger partial charge in [0.25, 0.3) is 11.5 Å². The number of H-pyrrole nitrogens is 1. The van der Waals surface area contributed by atoms with Gasteiger partial charge in [0, 0.05) is 25.4 Å². The number of amides is 1. The summed E-state index contributed by atoms with van der Waals surface area (Å²) < 4.78 is 20.5. The van der Waals surface area contributed by atoms with Crippen LogP contribution < -0.4 is 5.56 Å². The Kier molecular flexibility index (Phi) is 5.03. The van der Waals surface area contributed by atoms with Crippen LogP contribution >= 0.6 is 0 Å². The fraction of sp³-hybridized carbons (Fsp3) is 0.375. The third-order valence-electron chi connectivity index (χ3n) is 6.75. The molecule has 0 unspecified atom stereocenters. The van der Waals surface area contributed by atoms with Gasteiger partial charge in [-0.1, -0.05) is 0 Å². The summed E-state index contributed by atoms with van der Waals surface area (Å²) in [5, 5.41) is 16.2. The number of carbonyl (C=O) groups excluding carboxylic acids is 1. The van der Waals surface area contributed by atoms with Gasteiger partial charge in [0.05, 0.1) is 29.5 Å². The van der Waals surface area contributed by atoms with E-state index in [-0.39, 0.29) is 34.9 Å². The zero-order valence-corrected chi connectivity index (χ0v) is 18.8. The van der Waals surface area contributed by atoms with Crippen molar-refractivity contribution in [1.29, 1.82) is 0 Å². The van der Waals surface area contributed by atoms with Crippen molar-refractivity contribution in [2.75, 3.05) is 13.1 Å². The molecule has 6 rings (SSSR count). The molecule has 1 amide bonds. The molecular weight excluding hydrogens is 455 g/mol. The van der Waals surface area contributed by atoms with Crippen molar-refractivity contribution in [3.05, 3.63) is 70.3 Å². The summed E-state index contributed by atoms with van der Waals surface area (Å²) in [5.74, 6) is 0.535. The van der Waals surface area contributed by atoms with Gasteiger partial charge in [-0.05, 0) is 49.9 Å². The number of nitrogens with one attached hydrogen (secondary N) is 1. The summed E-state index contributed by atoms with van der Waals surface area (Å²) in [6, 6.07) is 5.70. The molecule has 0 bridgehead atoms. The highest BCUT2D eigenvalue weighted by Crippen LogP contribution is 2.39. The Morgan fingerprint density at radius 2 is 1.94 bits per heavy atom. The van der Waals surface area contributed by atoms with Crippen molar-refractivity contribution in [2.24, 2.45) is 0 Å². The van der Waals surface area contributed by atoms with Crippen molar-refractivity contribution < 1.29 is 18.7 Å². The average Bonchev–Trinajstić information content (AvgIpc) is 3.47. The number of rotatable bonds is 5. The Bertz CT molecular complexity index is 1460. The molecule has 1 aliphatic heterocycles. The second kappa shape index (κ2) is 8.12. The number of aromatic amines is 1. The molecule has 4 aromatic rings. The number of piperidine rings is 1. The minimum atomic E-state index is -1.16. The molecule has 2 aliphatic rings. The number of benzene rings is 1. The van der Waals surface area contributed by atoms with Gasteiger partial charge < -0.3 is 19.4 Å². The van der Waals surface area contributed by atoms with Crippen molar-refractivity contribution in [2.45, 2.75) is 43.6 Å². The van der Waals surface area contributed by atoms with Crippen LogP contribution in [0.5, 0.6) is 0 Å². The first-order chi connectivity index (χ1) is 16.9. The standard InChI is InChI=1S/C24H23FN6O4/c25-15-3-5-16(6-4-15)31-20-19(21(32)28-13-27-20)17(29-31)11-24(34)7-9-30(10-8-24)23(33)18-12-26-22(35-18)14-1-2-14/h3-6,12-14,34H,1-2,7-11H2,(H,27,28,32). The SMILES string of the molecule is O=C(c1cnc(C2CC2)o1)N1CCC(O)(Cc2nn(-c3ccc(F)cc3)c3nc[nH]c(=O)c23)CC1. The third-order valence-corrected chi connectivity index (χ3v) is 6.75. The Morgan fingerprint density at radius 1 is 1.20 bits per heavy atom. The highest BCUT2D eigenvalue weighted by molar-refractivity contribution is 5.91. The van der Waals surface area contributed by atoms with E-state index in [2.05, 4.69) is 20.1 Å². The minimum absolute atomic E-state index is 0.114. The molecule has 2 N–H and O–H groups in total. The van der Waals surface area contributed by atoms with Gasteiger partial charge in [-0.2, -0.15) is 5.10 Å². The van der Waals surface area contributed by atoms with E-state index >= 15 is 0 Å². The predicted molar refractivity (Wildman–Crippen MR) is 122 cm³/mol. The number of likely N-dealkylation sites (tertiary alicyclic amines) is 1. The van der Waals surface area contributed by atoms with Gasteiger partial charge in [0.2, 0.25) is 5.76 Å². The Balaban J connectivity index is 1.22. The number of aliphatic hydroxyl groups is 1. The molecule has 0 atom stereocenters. The lowest BCUT2D eigenvalue weighted by atomic mass is 9.86. The smallest absolute Gasteiger partial charge is 0.291 e. The van der Waals surface area contributed by atoms with E-state index in [1.165, 1.54) is 29.3 Å². The van der Waals surface area contributed by atoms with Crippen LogP contribution in [0, 0.1) is 5.82 Å². The van der Waals surface area contributed by atoms with E-state index in [4.69, 9.17) is 4.42 Å². The molecule has 1 saturated heterocycles. The number of halogens is 1. The van der Waals surface area contributed by atoms with E-state index in [1.54, 1.807) is 17.0 Å². The molecule has 0 spiro atoms. The van der Waals surface area contributed by atoms with E-state index in [0.29, 0.717) is 54.8 Å². The van der Waals surface area contributed by atoms with Crippen LogP contribution in [0.1, 0.15) is 53.7 Å². The molecule has 35 heavy (non-hydrogen) atoms. The van der Waals surface area contributed by atoms with E-state index < -0.39 is 5.60 Å². The quantitative estimate of drug-likeness (QED) is 0.450. The number of aromatic nitrogens is 5. The van der Waals surface area contributed by atoms with Crippen LogP contribution in [0.2, 0.25) is 0 Å². The second-order valence-electron chi connectivity index (χ2n) is 9.30. The zero-order valence-electron chi connectivity index (χ0n) is 18.8. The second-order valence-corrected chi connectivity index (χ2v) is 9.30. The molecule has 1 aliphatic carbocycles. The van der Waals surface area contributed by atoms with Crippen LogP contribution in [0.4, 0.5) is 4.39 Å². The molecule has 1 saturated carbocycles. The van der Waals surface area contributed by atoms with E-state index in [9.17, 15) is 19.1 Å². The maximum absolute atomic E-state index is 13.4. The van der Waals surface area contributed by atoms with Crippen LogP contribution in [-0.2, 0) is 6.42 Å². The number of oxazole rings is 1. The maximum Gasteiger partial charge on any atom is 0.291 e. The monoisotopic (exact) mass is 478 g/mol. The highest BCUT2D eigenvalue weighted by atomic mass is 19.1. The summed E-state index contributed by atoms with van der Waals surface area (Å²) in [6.07, 6.45) is 5.57. The third kappa shape index (κ3) is 4.01. The number of carbonyl (C=O) groups is 1. The molecule has 2 fully saturated rings. The Labute approximate surface area is 198 Å². The molecule has 4 heterocycles. The van der Waals surface area contributed by atoms with Crippen molar-refractivity contribution in [3.63, 3.8) is 0 Å². The predicted octanol–water partition coefficient (Wildman–Crippen LogP) is 2.32.